The van der Waals surface area contributed by atoms with Gasteiger partial charge in [0.1, 0.15) is 12.3 Å². The number of piperidine rings is 1. The van der Waals surface area contributed by atoms with Crippen molar-refractivity contribution in [2.24, 2.45) is 21.5 Å². The molecule has 0 aliphatic carbocycles. The Morgan fingerprint density at radius 1 is 1.28 bits per heavy atom. The van der Waals surface area contributed by atoms with E-state index >= 15 is 0 Å². The lowest BCUT2D eigenvalue weighted by Crippen LogP contribution is -2.41. The van der Waals surface area contributed by atoms with Crippen LogP contribution in [0.25, 0.3) is 0 Å². The quantitative estimate of drug-likeness (QED) is 0.601. The minimum absolute atomic E-state index is 0.189. The third kappa shape index (κ3) is 3.51. The summed E-state index contributed by atoms with van der Waals surface area (Å²) in [5.41, 5.74) is 11.6. The molecule has 1 aromatic rings. The number of furan rings is 1. The van der Waals surface area contributed by atoms with E-state index in [1.165, 1.54) is 6.42 Å². The lowest BCUT2D eigenvalue weighted by atomic mass is 10.1. The molecule has 4 N–H and O–H groups in total. The Hall–Kier alpha value is -1.98. The van der Waals surface area contributed by atoms with Crippen LogP contribution in [0, 0.1) is 0 Å². The molecular weight excluding hydrogens is 230 g/mol. The molecular formula is C12H19N5O. The molecule has 98 valence electrons. The van der Waals surface area contributed by atoms with Crippen LogP contribution in [-0.2, 0) is 6.54 Å². The summed E-state index contributed by atoms with van der Waals surface area (Å²) in [4.78, 5) is 10.3. The Bertz CT molecular complexity index is 418. The van der Waals surface area contributed by atoms with Crippen molar-refractivity contribution >= 4 is 11.9 Å². The number of guanidine groups is 2. The van der Waals surface area contributed by atoms with Gasteiger partial charge in [0, 0.05) is 13.1 Å². The van der Waals surface area contributed by atoms with Crippen LogP contribution in [-0.4, -0.2) is 29.9 Å². The molecule has 0 atom stereocenters. The van der Waals surface area contributed by atoms with E-state index in [0.717, 1.165) is 31.7 Å². The van der Waals surface area contributed by atoms with Crippen LogP contribution < -0.4 is 11.5 Å². The average molecular weight is 249 g/mol. The number of aliphatic imine (C=N–C) groups is 2. The maximum Gasteiger partial charge on any atom is 0.219 e. The average Bonchev–Trinajstić information content (AvgIpc) is 2.90. The molecule has 6 nitrogen and oxygen atoms in total. The van der Waals surface area contributed by atoms with E-state index in [4.69, 9.17) is 15.9 Å². The van der Waals surface area contributed by atoms with Gasteiger partial charge in [0.25, 0.3) is 0 Å². The van der Waals surface area contributed by atoms with Crippen LogP contribution in [0.15, 0.2) is 32.8 Å². The SMILES string of the molecule is NC(=NCc1ccco1)/N=C(\N)N1CCCCC1. The summed E-state index contributed by atoms with van der Waals surface area (Å²) in [6, 6.07) is 3.65. The minimum atomic E-state index is 0.189. The second-order valence-corrected chi connectivity index (χ2v) is 4.27. The summed E-state index contributed by atoms with van der Waals surface area (Å²) < 4.78 is 5.15. The van der Waals surface area contributed by atoms with Crippen LogP contribution in [0.5, 0.6) is 0 Å². The highest BCUT2D eigenvalue weighted by Gasteiger charge is 2.12. The maximum atomic E-state index is 5.89. The van der Waals surface area contributed by atoms with E-state index in [-0.39, 0.29) is 5.96 Å². The topological polar surface area (TPSA) is 93.1 Å². The first-order valence-corrected chi connectivity index (χ1v) is 6.17. The van der Waals surface area contributed by atoms with Crippen molar-refractivity contribution in [1.82, 2.24) is 4.90 Å². The summed E-state index contributed by atoms with van der Waals surface area (Å²) in [5, 5.41) is 0. The van der Waals surface area contributed by atoms with Gasteiger partial charge in [-0.05, 0) is 31.4 Å². The number of hydrogen-bond donors (Lipinski definition) is 2. The first kappa shape index (κ1) is 12.5. The Labute approximate surface area is 106 Å². The zero-order valence-corrected chi connectivity index (χ0v) is 10.4. The Morgan fingerprint density at radius 3 is 2.72 bits per heavy atom. The molecule has 0 spiro atoms. The van der Waals surface area contributed by atoms with E-state index in [1.54, 1.807) is 6.26 Å². The fourth-order valence-electron chi connectivity index (χ4n) is 1.91. The molecule has 2 rings (SSSR count). The smallest absolute Gasteiger partial charge is 0.219 e. The van der Waals surface area contributed by atoms with Gasteiger partial charge >= 0.3 is 0 Å². The van der Waals surface area contributed by atoms with Crippen molar-refractivity contribution in [3.63, 3.8) is 0 Å². The Morgan fingerprint density at radius 2 is 2.06 bits per heavy atom. The van der Waals surface area contributed by atoms with Crippen LogP contribution >= 0.6 is 0 Å². The highest BCUT2D eigenvalue weighted by molar-refractivity contribution is 5.93. The number of nitrogens with zero attached hydrogens (tertiary/aromatic N) is 3. The molecule has 18 heavy (non-hydrogen) atoms. The maximum absolute atomic E-state index is 5.89. The molecule has 2 heterocycles. The van der Waals surface area contributed by atoms with Crippen LogP contribution in [0.1, 0.15) is 25.0 Å². The monoisotopic (exact) mass is 249 g/mol. The highest BCUT2D eigenvalue weighted by Crippen LogP contribution is 2.07. The van der Waals surface area contributed by atoms with E-state index in [9.17, 15) is 0 Å². The van der Waals surface area contributed by atoms with Gasteiger partial charge in [-0.15, -0.1) is 0 Å². The van der Waals surface area contributed by atoms with Gasteiger partial charge in [-0.25, -0.2) is 4.99 Å². The number of rotatable bonds is 2. The van der Waals surface area contributed by atoms with Gasteiger partial charge in [-0.1, -0.05) is 0 Å². The van der Waals surface area contributed by atoms with E-state index in [0.29, 0.717) is 12.5 Å². The Balaban J connectivity index is 1.91. The van der Waals surface area contributed by atoms with Gasteiger partial charge in [0.05, 0.1) is 6.26 Å². The van der Waals surface area contributed by atoms with E-state index in [1.807, 2.05) is 17.0 Å². The van der Waals surface area contributed by atoms with Crippen molar-refractivity contribution in [2.75, 3.05) is 13.1 Å². The summed E-state index contributed by atoms with van der Waals surface area (Å²) in [6.45, 7) is 2.28. The Kier molecular flexibility index (Phi) is 4.22. The molecule has 0 radical (unpaired) electrons. The third-order valence-electron chi connectivity index (χ3n) is 2.89. The number of nitrogens with two attached hydrogens (primary N) is 2. The fourth-order valence-corrected chi connectivity index (χ4v) is 1.91. The fraction of sp³-hybridized carbons (Fsp3) is 0.500. The van der Waals surface area contributed by atoms with Crippen LogP contribution in [0.3, 0.4) is 0 Å². The molecule has 0 unspecified atom stereocenters. The van der Waals surface area contributed by atoms with Gasteiger partial charge in [0.2, 0.25) is 5.96 Å². The lowest BCUT2D eigenvalue weighted by Gasteiger charge is -2.27. The molecule has 0 amide bonds. The van der Waals surface area contributed by atoms with E-state index < -0.39 is 0 Å². The molecule has 1 saturated heterocycles. The normalized spacial score (nSPS) is 18.1. The first-order valence-electron chi connectivity index (χ1n) is 6.17. The summed E-state index contributed by atoms with van der Waals surface area (Å²) in [5.74, 6) is 1.40. The van der Waals surface area contributed by atoms with E-state index in [2.05, 4.69) is 9.98 Å². The van der Waals surface area contributed by atoms with Gasteiger partial charge < -0.3 is 20.8 Å². The molecule has 1 fully saturated rings. The zero-order valence-electron chi connectivity index (χ0n) is 10.4. The minimum Gasteiger partial charge on any atom is -0.467 e. The number of hydrogen-bond acceptors (Lipinski definition) is 2. The predicted octanol–water partition coefficient (Wildman–Crippen LogP) is 0.895. The summed E-state index contributed by atoms with van der Waals surface area (Å²) >= 11 is 0. The highest BCUT2D eigenvalue weighted by atomic mass is 16.3. The lowest BCUT2D eigenvalue weighted by molar-refractivity contribution is 0.339. The third-order valence-corrected chi connectivity index (χ3v) is 2.89. The van der Waals surface area contributed by atoms with Crippen molar-refractivity contribution in [3.8, 4) is 0 Å². The van der Waals surface area contributed by atoms with Crippen molar-refractivity contribution in [3.05, 3.63) is 24.2 Å². The van der Waals surface area contributed by atoms with Crippen LogP contribution in [0.2, 0.25) is 0 Å². The van der Waals surface area contributed by atoms with Crippen molar-refractivity contribution in [1.29, 1.82) is 0 Å². The van der Waals surface area contributed by atoms with Gasteiger partial charge in [-0.2, -0.15) is 4.99 Å². The molecule has 1 aliphatic rings. The molecule has 1 aliphatic heterocycles. The van der Waals surface area contributed by atoms with Crippen LogP contribution in [0.4, 0.5) is 0 Å². The summed E-state index contributed by atoms with van der Waals surface area (Å²) in [6.07, 6.45) is 5.16. The van der Waals surface area contributed by atoms with Crippen molar-refractivity contribution in [2.45, 2.75) is 25.8 Å². The predicted molar refractivity (Wildman–Crippen MR) is 71.1 cm³/mol. The molecule has 0 aromatic carbocycles. The second-order valence-electron chi connectivity index (χ2n) is 4.27. The molecule has 0 saturated carbocycles. The van der Waals surface area contributed by atoms with Gasteiger partial charge in [0.15, 0.2) is 5.96 Å². The van der Waals surface area contributed by atoms with Crippen molar-refractivity contribution < 1.29 is 4.42 Å². The molecule has 0 bridgehead atoms. The molecule has 1 aromatic heterocycles. The zero-order chi connectivity index (χ0) is 12.8. The largest absolute Gasteiger partial charge is 0.467 e. The van der Waals surface area contributed by atoms with Gasteiger partial charge in [-0.3, -0.25) is 0 Å². The summed E-state index contributed by atoms with van der Waals surface area (Å²) in [7, 11) is 0. The number of likely N-dealkylation sites (tertiary alicyclic amines) is 1. The second kappa shape index (κ2) is 6.09. The first-order chi connectivity index (χ1) is 8.75. The molecule has 6 heteroatoms. The standard InChI is InChI=1S/C12H19N5O/c13-11(15-9-10-5-4-8-18-10)16-12(14)17-6-2-1-3-7-17/h4-5,8H,1-3,6-7,9H2,(H4,13,14,15,16).